The van der Waals surface area contributed by atoms with Crippen molar-refractivity contribution in [1.82, 2.24) is 0 Å². The highest BCUT2D eigenvalue weighted by atomic mass is 19.3. The minimum atomic E-state index is -4.73. The highest BCUT2D eigenvalue weighted by Crippen LogP contribution is 2.52. The van der Waals surface area contributed by atoms with Gasteiger partial charge >= 0.3 is 11.8 Å². The molecule has 1 unspecified atom stereocenters. The average Bonchev–Trinajstić information content (AvgIpc) is 2.13. The van der Waals surface area contributed by atoms with Crippen LogP contribution < -0.4 is 0 Å². The Morgan fingerprint density at radius 3 is 2.00 bits per heavy atom. The summed E-state index contributed by atoms with van der Waals surface area (Å²) in [5.41, 5.74) is 0. The largest absolute Gasteiger partial charge is 0.369 e. The predicted molar refractivity (Wildman–Crippen MR) is 34.6 cm³/mol. The first-order valence-electron chi connectivity index (χ1n) is 3.85. The molecule has 0 radical (unpaired) electrons. The second kappa shape index (κ2) is 2.80. The molecule has 0 bridgehead atoms. The van der Waals surface area contributed by atoms with Gasteiger partial charge in [0.05, 0.1) is 0 Å². The van der Waals surface area contributed by atoms with E-state index in [1.165, 1.54) is 6.92 Å². The Kier molecular flexibility index (Phi) is 2.30. The maximum atomic E-state index is 13.1. The summed E-state index contributed by atoms with van der Waals surface area (Å²) < 4.78 is 67.2. The van der Waals surface area contributed by atoms with Crippen molar-refractivity contribution in [3.63, 3.8) is 0 Å². The molecule has 0 aromatic rings. The van der Waals surface area contributed by atoms with Crippen molar-refractivity contribution in [2.45, 2.75) is 37.5 Å². The molecule has 0 aromatic carbocycles. The van der Waals surface area contributed by atoms with Crippen molar-refractivity contribution in [3.8, 4) is 0 Å². The smallest absolute Gasteiger partial charge is 0.334 e. The van der Waals surface area contributed by atoms with Gasteiger partial charge in [-0.05, 0) is 0 Å². The van der Waals surface area contributed by atoms with E-state index in [1.54, 1.807) is 0 Å². The summed E-state index contributed by atoms with van der Waals surface area (Å²) in [6.07, 6.45) is -0.711. The Morgan fingerprint density at radius 1 is 1.15 bits per heavy atom. The van der Waals surface area contributed by atoms with Crippen molar-refractivity contribution >= 4 is 0 Å². The first-order chi connectivity index (χ1) is 5.77. The highest BCUT2D eigenvalue weighted by molar-refractivity contribution is 5.02. The topological polar surface area (TPSA) is 9.23 Å². The van der Waals surface area contributed by atoms with Crippen LogP contribution in [0, 0.1) is 0 Å². The van der Waals surface area contributed by atoms with Crippen LogP contribution in [0.4, 0.5) is 22.0 Å². The number of alkyl halides is 5. The Bertz CT molecular complexity index is 205. The summed E-state index contributed by atoms with van der Waals surface area (Å²) in [5, 5.41) is 0. The number of hydrogen-bond donors (Lipinski definition) is 0. The molecule has 1 rings (SSSR count). The van der Waals surface area contributed by atoms with E-state index in [4.69, 9.17) is 0 Å². The maximum Gasteiger partial charge on any atom is 0.369 e. The van der Waals surface area contributed by atoms with E-state index in [-0.39, 0.29) is 6.42 Å². The van der Waals surface area contributed by atoms with Gasteiger partial charge in [0.25, 0.3) is 5.85 Å². The Balaban J connectivity index is 2.92. The van der Waals surface area contributed by atoms with Crippen molar-refractivity contribution in [2.24, 2.45) is 0 Å². The molecular weight excluding hydrogens is 195 g/mol. The fourth-order valence-corrected chi connectivity index (χ4v) is 1.21. The van der Waals surface area contributed by atoms with E-state index in [1.807, 2.05) is 0 Å². The standard InChI is InChI=1S/C7H9F5O/c1-2-3-6(10)7(11,12)5(8,9)4-13-6/h2-4H2,1H3. The van der Waals surface area contributed by atoms with E-state index in [0.717, 1.165) is 0 Å². The van der Waals surface area contributed by atoms with E-state index < -0.39 is 30.7 Å². The lowest BCUT2D eigenvalue weighted by atomic mass is 10.0. The fourth-order valence-electron chi connectivity index (χ4n) is 1.21. The molecule has 6 heteroatoms. The quantitative estimate of drug-likeness (QED) is 0.628. The Labute approximate surface area is 71.9 Å². The maximum absolute atomic E-state index is 13.1. The summed E-state index contributed by atoms with van der Waals surface area (Å²) in [5.74, 6) is -12.6. The highest BCUT2D eigenvalue weighted by Gasteiger charge is 2.76. The molecule has 1 aliphatic heterocycles. The van der Waals surface area contributed by atoms with E-state index in [0.29, 0.717) is 0 Å². The van der Waals surface area contributed by atoms with Crippen LogP contribution in [-0.4, -0.2) is 24.3 Å². The van der Waals surface area contributed by atoms with Crippen LogP contribution in [0.15, 0.2) is 0 Å². The second-order valence-electron chi connectivity index (χ2n) is 3.05. The summed E-state index contributed by atoms with van der Waals surface area (Å²) in [7, 11) is 0. The van der Waals surface area contributed by atoms with Crippen LogP contribution >= 0.6 is 0 Å². The molecule has 1 heterocycles. The predicted octanol–water partition coefficient (Wildman–Crippen LogP) is 2.75. The Hall–Kier alpha value is -0.390. The molecule has 0 N–H and O–H groups in total. The van der Waals surface area contributed by atoms with Gasteiger partial charge in [-0.15, -0.1) is 0 Å². The Morgan fingerprint density at radius 2 is 1.69 bits per heavy atom. The van der Waals surface area contributed by atoms with E-state index in [2.05, 4.69) is 4.74 Å². The average molecular weight is 204 g/mol. The molecule has 1 aliphatic rings. The van der Waals surface area contributed by atoms with Gasteiger partial charge in [0, 0.05) is 6.42 Å². The van der Waals surface area contributed by atoms with E-state index in [9.17, 15) is 22.0 Å². The van der Waals surface area contributed by atoms with Crippen molar-refractivity contribution in [2.75, 3.05) is 6.61 Å². The van der Waals surface area contributed by atoms with Crippen LogP contribution in [0.25, 0.3) is 0 Å². The summed E-state index contributed by atoms with van der Waals surface area (Å²) in [6, 6.07) is 0. The van der Waals surface area contributed by atoms with Crippen molar-refractivity contribution < 1.29 is 26.7 Å². The molecule has 13 heavy (non-hydrogen) atoms. The van der Waals surface area contributed by atoms with Crippen molar-refractivity contribution in [3.05, 3.63) is 0 Å². The first kappa shape index (κ1) is 10.7. The summed E-state index contributed by atoms with van der Waals surface area (Å²) >= 11 is 0. The van der Waals surface area contributed by atoms with Crippen LogP contribution in [0.2, 0.25) is 0 Å². The fraction of sp³-hybridized carbons (Fsp3) is 1.00. The molecule has 1 fully saturated rings. The lowest BCUT2D eigenvalue weighted by molar-refractivity contribution is -0.268. The molecule has 0 spiro atoms. The van der Waals surface area contributed by atoms with Crippen LogP contribution in [0.5, 0.6) is 0 Å². The lowest BCUT2D eigenvalue weighted by Crippen LogP contribution is -2.49. The van der Waals surface area contributed by atoms with E-state index >= 15 is 0 Å². The van der Waals surface area contributed by atoms with Gasteiger partial charge in [-0.1, -0.05) is 13.3 Å². The van der Waals surface area contributed by atoms with Crippen LogP contribution in [-0.2, 0) is 4.74 Å². The van der Waals surface area contributed by atoms with Crippen molar-refractivity contribution in [1.29, 1.82) is 0 Å². The van der Waals surface area contributed by atoms with Gasteiger partial charge < -0.3 is 4.74 Å². The third-order valence-corrected chi connectivity index (χ3v) is 1.98. The number of rotatable bonds is 2. The number of hydrogen-bond acceptors (Lipinski definition) is 1. The molecular formula is C7H9F5O. The first-order valence-corrected chi connectivity index (χ1v) is 3.85. The molecule has 0 amide bonds. The normalized spacial score (nSPS) is 36.5. The molecule has 0 saturated carbocycles. The molecule has 1 saturated heterocycles. The zero-order valence-electron chi connectivity index (χ0n) is 6.92. The van der Waals surface area contributed by atoms with Gasteiger partial charge in [-0.3, -0.25) is 0 Å². The molecule has 78 valence electrons. The van der Waals surface area contributed by atoms with Crippen LogP contribution in [0.3, 0.4) is 0 Å². The van der Waals surface area contributed by atoms with Gasteiger partial charge in [-0.2, -0.15) is 17.6 Å². The van der Waals surface area contributed by atoms with Gasteiger partial charge in [0.2, 0.25) is 0 Å². The zero-order chi connectivity index (χ0) is 10.3. The van der Waals surface area contributed by atoms with Crippen LogP contribution in [0.1, 0.15) is 19.8 Å². The summed E-state index contributed by atoms with van der Waals surface area (Å²) in [4.78, 5) is 0. The number of halogens is 5. The second-order valence-corrected chi connectivity index (χ2v) is 3.05. The van der Waals surface area contributed by atoms with Gasteiger partial charge in [-0.25, -0.2) is 4.39 Å². The molecule has 1 atom stereocenters. The zero-order valence-corrected chi connectivity index (χ0v) is 6.92. The minimum absolute atomic E-state index is 0.0160. The van der Waals surface area contributed by atoms with Gasteiger partial charge in [0.15, 0.2) is 0 Å². The monoisotopic (exact) mass is 204 g/mol. The minimum Gasteiger partial charge on any atom is -0.334 e. The van der Waals surface area contributed by atoms with Gasteiger partial charge in [0.1, 0.15) is 6.61 Å². The third kappa shape index (κ3) is 1.31. The number of ether oxygens (including phenoxy) is 1. The lowest BCUT2D eigenvalue weighted by Gasteiger charge is -2.26. The molecule has 0 aromatic heterocycles. The molecule has 1 nitrogen and oxygen atoms in total. The molecule has 0 aliphatic carbocycles. The SMILES string of the molecule is CCCC1(F)OCC(F)(F)C1(F)F. The summed E-state index contributed by atoms with van der Waals surface area (Å²) in [6.45, 7) is -0.145. The third-order valence-electron chi connectivity index (χ3n) is 1.98.